The zero-order chi connectivity index (χ0) is 20.2. The minimum absolute atomic E-state index is 0.183. The van der Waals surface area contributed by atoms with Crippen molar-refractivity contribution in [2.24, 2.45) is 0 Å². The molecule has 1 aliphatic rings. The summed E-state index contributed by atoms with van der Waals surface area (Å²) in [6, 6.07) is 20.1. The third-order valence-corrected chi connectivity index (χ3v) is 4.72. The number of hydrogen-bond acceptors (Lipinski definition) is 4. The summed E-state index contributed by atoms with van der Waals surface area (Å²) in [5.41, 5.74) is 3.31. The normalized spacial score (nSPS) is 12.3. The number of anilines is 1. The van der Waals surface area contributed by atoms with Crippen molar-refractivity contribution >= 4 is 17.4 Å². The van der Waals surface area contributed by atoms with Crippen LogP contribution in [-0.2, 0) is 11.2 Å². The molecule has 5 nitrogen and oxygen atoms in total. The first-order valence-electron chi connectivity index (χ1n) is 9.49. The summed E-state index contributed by atoms with van der Waals surface area (Å²) in [6.45, 7) is 2.81. The van der Waals surface area contributed by atoms with Gasteiger partial charge in [-0.25, -0.2) is 0 Å². The van der Waals surface area contributed by atoms with Gasteiger partial charge in [-0.2, -0.15) is 0 Å². The predicted octanol–water partition coefficient (Wildman–Crippen LogP) is 4.18. The van der Waals surface area contributed by atoms with Crippen molar-refractivity contribution in [3.8, 4) is 11.5 Å². The highest BCUT2D eigenvalue weighted by molar-refractivity contribution is 6.14. The van der Waals surface area contributed by atoms with E-state index < -0.39 is 0 Å². The Bertz CT molecular complexity index is 1040. The van der Waals surface area contributed by atoms with E-state index in [2.05, 4.69) is 5.32 Å². The number of ketones is 1. The van der Waals surface area contributed by atoms with Gasteiger partial charge in [-0.15, -0.1) is 0 Å². The van der Waals surface area contributed by atoms with E-state index in [-0.39, 0.29) is 18.1 Å². The number of amides is 1. The van der Waals surface area contributed by atoms with E-state index in [9.17, 15) is 9.59 Å². The number of nitrogens with one attached hydrogen (secondary N) is 1. The van der Waals surface area contributed by atoms with Gasteiger partial charge in [-0.05, 0) is 18.6 Å². The van der Waals surface area contributed by atoms with Crippen molar-refractivity contribution in [3.63, 3.8) is 0 Å². The molecule has 0 bridgehead atoms. The quantitative estimate of drug-likeness (QED) is 0.667. The Morgan fingerprint density at radius 1 is 0.897 bits per heavy atom. The molecule has 3 aromatic rings. The van der Waals surface area contributed by atoms with Crippen molar-refractivity contribution < 1.29 is 19.1 Å². The Labute approximate surface area is 169 Å². The lowest BCUT2D eigenvalue weighted by atomic mass is 9.99. The van der Waals surface area contributed by atoms with Crippen LogP contribution in [0.25, 0.3) is 0 Å². The van der Waals surface area contributed by atoms with Crippen LogP contribution in [-0.4, -0.2) is 24.9 Å². The highest BCUT2D eigenvalue weighted by Crippen LogP contribution is 2.36. The molecule has 0 fully saturated rings. The largest absolute Gasteiger partial charge is 0.486 e. The van der Waals surface area contributed by atoms with E-state index >= 15 is 0 Å². The monoisotopic (exact) mass is 387 g/mol. The Morgan fingerprint density at radius 3 is 2.24 bits per heavy atom. The molecule has 0 aromatic heterocycles. The van der Waals surface area contributed by atoms with Gasteiger partial charge >= 0.3 is 0 Å². The fourth-order valence-corrected chi connectivity index (χ4v) is 3.22. The maximum absolute atomic E-state index is 13.2. The maximum Gasteiger partial charge on any atom is 0.228 e. The molecule has 1 aliphatic heterocycles. The predicted molar refractivity (Wildman–Crippen MR) is 111 cm³/mol. The van der Waals surface area contributed by atoms with Crippen molar-refractivity contribution in [2.75, 3.05) is 18.5 Å². The van der Waals surface area contributed by atoms with Crippen molar-refractivity contribution in [1.29, 1.82) is 0 Å². The molecule has 0 radical (unpaired) electrons. The second-order valence-electron chi connectivity index (χ2n) is 6.95. The number of ether oxygens (including phenoxy) is 2. The number of fused-ring (bicyclic) bond motifs is 1. The molecule has 4 rings (SSSR count). The molecule has 0 aliphatic carbocycles. The summed E-state index contributed by atoms with van der Waals surface area (Å²) in [5, 5.41) is 2.88. The van der Waals surface area contributed by atoms with Gasteiger partial charge in [0.2, 0.25) is 5.91 Å². The van der Waals surface area contributed by atoms with E-state index in [1.165, 1.54) is 0 Å². The number of carbonyl (C=O) groups excluding carboxylic acids is 2. The summed E-state index contributed by atoms with van der Waals surface area (Å²) in [7, 11) is 0. The molecule has 0 unspecified atom stereocenters. The zero-order valence-corrected chi connectivity index (χ0v) is 16.1. The fourth-order valence-electron chi connectivity index (χ4n) is 3.22. The van der Waals surface area contributed by atoms with Gasteiger partial charge in [0.15, 0.2) is 17.3 Å². The van der Waals surface area contributed by atoms with Gasteiger partial charge in [-0.3, -0.25) is 9.59 Å². The first kappa shape index (κ1) is 18.7. The molecule has 1 amide bonds. The van der Waals surface area contributed by atoms with Crippen molar-refractivity contribution in [3.05, 3.63) is 89.0 Å². The SMILES string of the molecule is Cc1ccc(C(=O)c2cc3c(cc2NC(=O)Cc2ccccc2)OCCO3)cc1. The molecule has 1 N–H and O–H groups in total. The molecule has 5 heteroatoms. The van der Waals surface area contributed by atoms with Gasteiger partial charge in [-0.1, -0.05) is 60.2 Å². The molecule has 29 heavy (non-hydrogen) atoms. The molecule has 146 valence electrons. The third kappa shape index (κ3) is 4.29. The lowest BCUT2D eigenvalue weighted by Gasteiger charge is -2.21. The Kier molecular flexibility index (Phi) is 5.29. The molecule has 0 saturated carbocycles. The fraction of sp³-hybridized carbons (Fsp3) is 0.167. The highest BCUT2D eigenvalue weighted by Gasteiger charge is 2.22. The molecular formula is C24H21NO4. The number of aryl methyl sites for hydroxylation is 1. The first-order chi connectivity index (χ1) is 14.1. The van der Waals surface area contributed by atoms with Crippen LogP contribution in [0, 0.1) is 6.92 Å². The number of carbonyl (C=O) groups is 2. The second kappa shape index (κ2) is 8.19. The minimum Gasteiger partial charge on any atom is -0.486 e. The summed E-state index contributed by atoms with van der Waals surface area (Å²) in [4.78, 5) is 25.8. The number of rotatable bonds is 5. The van der Waals surface area contributed by atoms with Crippen LogP contribution in [0.2, 0.25) is 0 Å². The lowest BCUT2D eigenvalue weighted by Crippen LogP contribution is -2.20. The van der Waals surface area contributed by atoms with Crippen LogP contribution in [0.5, 0.6) is 11.5 Å². The van der Waals surface area contributed by atoms with Gasteiger partial charge in [0.1, 0.15) is 13.2 Å². The average molecular weight is 387 g/mol. The smallest absolute Gasteiger partial charge is 0.228 e. The van der Waals surface area contributed by atoms with Gasteiger partial charge in [0.25, 0.3) is 0 Å². The summed E-state index contributed by atoms with van der Waals surface area (Å²) in [5.74, 6) is 0.641. The third-order valence-electron chi connectivity index (χ3n) is 4.72. The second-order valence-corrected chi connectivity index (χ2v) is 6.95. The first-order valence-corrected chi connectivity index (χ1v) is 9.49. The summed E-state index contributed by atoms with van der Waals surface area (Å²) >= 11 is 0. The van der Waals surface area contributed by atoms with Crippen LogP contribution < -0.4 is 14.8 Å². The number of benzene rings is 3. The molecule has 0 saturated heterocycles. The van der Waals surface area contributed by atoms with E-state index in [1.807, 2.05) is 49.4 Å². The maximum atomic E-state index is 13.2. The van der Waals surface area contributed by atoms with Gasteiger partial charge < -0.3 is 14.8 Å². The van der Waals surface area contributed by atoms with E-state index in [0.717, 1.165) is 11.1 Å². The van der Waals surface area contributed by atoms with Gasteiger partial charge in [0, 0.05) is 11.6 Å². The Balaban J connectivity index is 1.66. The molecule has 0 atom stereocenters. The standard InChI is InChI=1S/C24H21NO4/c1-16-7-9-18(10-8-16)24(27)19-14-21-22(29-12-11-28-21)15-20(19)25-23(26)13-17-5-3-2-4-6-17/h2-10,14-15H,11-13H2,1H3,(H,25,26). The van der Waals surface area contributed by atoms with Gasteiger partial charge in [0.05, 0.1) is 17.7 Å². The van der Waals surface area contributed by atoms with E-state index in [1.54, 1.807) is 24.3 Å². The van der Waals surface area contributed by atoms with Crippen LogP contribution >= 0.6 is 0 Å². The van der Waals surface area contributed by atoms with Crippen molar-refractivity contribution in [1.82, 2.24) is 0 Å². The summed E-state index contributed by atoms with van der Waals surface area (Å²) < 4.78 is 11.3. The van der Waals surface area contributed by atoms with E-state index in [0.29, 0.717) is 41.5 Å². The minimum atomic E-state index is -0.203. The van der Waals surface area contributed by atoms with E-state index in [4.69, 9.17) is 9.47 Å². The van der Waals surface area contributed by atoms with Crippen LogP contribution in [0.4, 0.5) is 5.69 Å². The molecular weight excluding hydrogens is 366 g/mol. The molecule has 0 spiro atoms. The van der Waals surface area contributed by atoms with Crippen LogP contribution in [0.15, 0.2) is 66.7 Å². The van der Waals surface area contributed by atoms with Crippen molar-refractivity contribution in [2.45, 2.75) is 13.3 Å². The van der Waals surface area contributed by atoms with Crippen LogP contribution in [0.1, 0.15) is 27.0 Å². The van der Waals surface area contributed by atoms with Crippen LogP contribution in [0.3, 0.4) is 0 Å². The average Bonchev–Trinajstić information content (AvgIpc) is 2.74. The Hall–Kier alpha value is -3.60. The lowest BCUT2D eigenvalue weighted by molar-refractivity contribution is -0.115. The zero-order valence-electron chi connectivity index (χ0n) is 16.1. The topological polar surface area (TPSA) is 64.6 Å². The number of hydrogen-bond donors (Lipinski definition) is 1. The molecule has 1 heterocycles. The molecule has 3 aromatic carbocycles. The highest BCUT2D eigenvalue weighted by atomic mass is 16.6. The summed E-state index contributed by atoms with van der Waals surface area (Å²) in [6.07, 6.45) is 0.216. The Morgan fingerprint density at radius 2 is 1.55 bits per heavy atom.